The molecule has 3 heteroatoms. The Morgan fingerprint density at radius 1 is 1.10 bits per heavy atom. The normalized spacial score (nSPS) is 11.2. The van der Waals surface area contributed by atoms with Crippen molar-refractivity contribution in [2.75, 3.05) is 0 Å². The average Bonchev–Trinajstić information content (AvgIpc) is 2.48. The highest BCUT2D eigenvalue weighted by atomic mass is 35.5. The van der Waals surface area contributed by atoms with Crippen molar-refractivity contribution in [1.29, 1.82) is 0 Å². The molecule has 0 aliphatic heterocycles. The predicted molar refractivity (Wildman–Crippen MR) is 82.8 cm³/mol. The Balaban J connectivity index is 1.96. The van der Waals surface area contributed by atoms with Crippen LogP contribution in [0.2, 0.25) is 5.02 Å². The fourth-order valence-corrected chi connectivity index (χ4v) is 1.94. The molecule has 0 saturated carbocycles. The molecule has 0 saturated heterocycles. The second-order valence-corrected chi connectivity index (χ2v) is 4.97. The van der Waals surface area contributed by atoms with Crippen LogP contribution in [0.5, 0.6) is 0 Å². The highest BCUT2D eigenvalue weighted by Gasteiger charge is 2.07. The molecule has 2 aromatic rings. The number of hydrogen-bond acceptors (Lipinski definition) is 2. The number of rotatable bonds is 5. The molecule has 1 N–H and O–H groups in total. The molecule has 0 spiro atoms. The summed E-state index contributed by atoms with van der Waals surface area (Å²) in [6.07, 6.45) is 1.75. The van der Waals surface area contributed by atoms with E-state index in [9.17, 15) is 4.79 Å². The van der Waals surface area contributed by atoms with Crippen molar-refractivity contribution in [2.24, 2.45) is 0 Å². The lowest BCUT2D eigenvalue weighted by atomic mass is 10.1. The van der Waals surface area contributed by atoms with Gasteiger partial charge in [-0.15, -0.1) is 0 Å². The summed E-state index contributed by atoms with van der Waals surface area (Å²) in [5.74, 6) is 0.00206. The first-order valence-electron chi connectivity index (χ1n) is 6.41. The molecular formula is C17H16ClNO. The first-order valence-corrected chi connectivity index (χ1v) is 6.79. The molecule has 20 heavy (non-hydrogen) atoms. The van der Waals surface area contributed by atoms with Crippen LogP contribution in [0.15, 0.2) is 66.4 Å². The summed E-state index contributed by atoms with van der Waals surface area (Å²) < 4.78 is 0. The van der Waals surface area contributed by atoms with E-state index in [2.05, 4.69) is 5.32 Å². The molecule has 0 aliphatic carbocycles. The SMILES string of the molecule is CC(=CNCc1ccccc1)C(=O)c1ccc(Cl)cc1. The first-order chi connectivity index (χ1) is 9.66. The summed E-state index contributed by atoms with van der Waals surface area (Å²) in [6, 6.07) is 17.0. The highest BCUT2D eigenvalue weighted by molar-refractivity contribution is 6.30. The summed E-state index contributed by atoms with van der Waals surface area (Å²) >= 11 is 5.81. The predicted octanol–water partition coefficient (Wildman–Crippen LogP) is 4.22. The first kappa shape index (κ1) is 14.4. The number of ketones is 1. The van der Waals surface area contributed by atoms with E-state index in [1.165, 1.54) is 5.56 Å². The third-order valence-corrected chi connectivity index (χ3v) is 3.18. The topological polar surface area (TPSA) is 29.1 Å². The van der Waals surface area contributed by atoms with E-state index in [-0.39, 0.29) is 5.78 Å². The molecular weight excluding hydrogens is 270 g/mol. The van der Waals surface area contributed by atoms with Crippen molar-refractivity contribution >= 4 is 17.4 Å². The van der Waals surface area contributed by atoms with Crippen LogP contribution in [0.25, 0.3) is 0 Å². The van der Waals surface area contributed by atoms with E-state index in [1.807, 2.05) is 30.3 Å². The number of Topliss-reactive ketones (excluding diaryl/α,β-unsaturated/α-hetero) is 1. The monoisotopic (exact) mass is 285 g/mol. The van der Waals surface area contributed by atoms with Crippen LogP contribution in [0.4, 0.5) is 0 Å². The van der Waals surface area contributed by atoms with Crippen molar-refractivity contribution < 1.29 is 4.79 Å². The number of nitrogens with one attached hydrogen (secondary N) is 1. The Morgan fingerprint density at radius 2 is 1.75 bits per heavy atom. The largest absolute Gasteiger partial charge is 0.386 e. The van der Waals surface area contributed by atoms with Crippen LogP contribution in [-0.2, 0) is 6.54 Å². The van der Waals surface area contributed by atoms with Crippen molar-refractivity contribution in [3.8, 4) is 0 Å². The molecule has 0 heterocycles. The summed E-state index contributed by atoms with van der Waals surface area (Å²) in [5.41, 5.74) is 2.49. The third kappa shape index (κ3) is 3.97. The van der Waals surface area contributed by atoms with Crippen LogP contribution in [0.1, 0.15) is 22.8 Å². The van der Waals surface area contributed by atoms with Gasteiger partial charge in [-0.05, 0) is 36.8 Å². The van der Waals surface area contributed by atoms with Crippen molar-refractivity contribution in [3.05, 3.63) is 82.5 Å². The Labute approximate surface area is 124 Å². The zero-order valence-electron chi connectivity index (χ0n) is 11.3. The van der Waals surface area contributed by atoms with E-state index >= 15 is 0 Å². The van der Waals surface area contributed by atoms with Gasteiger partial charge in [-0.2, -0.15) is 0 Å². The van der Waals surface area contributed by atoms with Gasteiger partial charge in [0.15, 0.2) is 5.78 Å². The zero-order chi connectivity index (χ0) is 14.4. The number of benzene rings is 2. The van der Waals surface area contributed by atoms with Gasteiger partial charge < -0.3 is 5.32 Å². The molecule has 0 aromatic heterocycles. The lowest BCUT2D eigenvalue weighted by Gasteiger charge is -2.04. The van der Waals surface area contributed by atoms with Gasteiger partial charge in [-0.3, -0.25) is 4.79 Å². The molecule has 0 unspecified atom stereocenters. The quantitative estimate of drug-likeness (QED) is 0.658. The van der Waals surface area contributed by atoms with Crippen molar-refractivity contribution in [3.63, 3.8) is 0 Å². The summed E-state index contributed by atoms with van der Waals surface area (Å²) in [4.78, 5) is 12.1. The zero-order valence-corrected chi connectivity index (χ0v) is 12.0. The fourth-order valence-electron chi connectivity index (χ4n) is 1.81. The summed E-state index contributed by atoms with van der Waals surface area (Å²) in [5, 5.41) is 3.78. The number of carbonyl (C=O) groups is 1. The van der Waals surface area contributed by atoms with Gasteiger partial charge in [0.2, 0.25) is 0 Å². The molecule has 2 nitrogen and oxygen atoms in total. The molecule has 0 atom stereocenters. The maximum Gasteiger partial charge on any atom is 0.190 e. The lowest BCUT2D eigenvalue weighted by molar-refractivity contribution is 0.103. The molecule has 0 amide bonds. The second kappa shape index (κ2) is 6.92. The smallest absolute Gasteiger partial charge is 0.190 e. The van der Waals surface area contributed by atoms with Crippen molar-refractivity contribution in [1.82, 2.24) is 5.32 Å². The van der Waals surface area contributed by atoms with Crippen LogP contribution >= 0.6 is 11.6 Å². The molecule has 0 aliphatic rings. The van der Waals surface area contributed by atoms with Gasteiger partial charge in [-0.25, -0.2) is 0 Å². The van der Waals surface area contributed by atoms with Crippen LogP contribution < -0.4 is 5.32 Å². The molecule has 0 radical (unpaired) electrons. The number of halogens is 1. The molecule has 2 rings (SSSR count). The van der Waals surface area contributed by atoms with E-state index < -0.39 is 0 Å². The van der Waals surface area contributed by atoms with Crippen LogP contribution in [0.3, 0.4) is 0 Å². The van der Waals surface area contributed by atoms with E-state index in [0.717, 1.165) is 0 Å². The van der Waals surface area contributed by atoms with Gasteiger partial charge in [-0.1, -0.05) is 41.9 Å². The van der Waals surface area contributed by atoms with E-state index in [4.69, 9.17) is 11.6 Å². The minimum Gasteiger partial charge on any atom is -0.386 e. The van der Waals surface area contributed by atoms with E-state index in [1.54, 1.807) is 37.4 Å². The summed E-state index contributed by atoms with van der Waals surface area (Å²) in [6.45, 7) is 2.50. The van der Waals surface area contributed by atoms with Crippen LogP contribution in [-0.4, -0.2) is 5.78 Å². The molecule has 0 fully saturated rings. The maximum absolute atomic E-state index is 12.1. The van der Waals surface area contributed by atoms with E-state index in [0.29, 0.717) is 22.7 Å². The van der Waals surface area contributed by atoms with Crippen molar-refractivity contribution in [2.45, 2.75) is 13.5 Å². The Kier molecular flexibility index (Phi) is 4.97. The van der Waals surface area contributed by atoms with Gasteiger partial charge >= 0.3 is 0 Å². The van der Waals surface area contributed by atoms with Gasteiger partial charge in [0, 0.05) is 28.9 Å². The maximum atomic E-state index is 12.1. The Morgan fingerprint density at radius 3 is 2.40 bits per heavy atom. The van der Waals surface area contributed by atoms with Crippen LogP contribution in [0, 0.1) is 0 Å². The molecule has 0 bridgehead atoms. The fraction of sp³-hybridized carbons (Fsp3) is 0.118. The number of carbonyl (C=O) groups excluding carboxylic acids is 1. The minimum absolute atomic E-state index is 0.00206. The molecule has 102 valence electrons. The summed E-state index contributed by atoms with van der Waals surface area (Å²) in [7, 11) is 0. The van der Waals surface area contributed by atoms with Gasteiger partial charge in [0.25, 0.3) is 0 Å². The minimum atomic E-state index is 0.00206. The average molecular weight is 286 g/mol. The standard InChI is InChI=1S/C17H16ClNO/c1-13(11-19-12-14-5-3-2-4-6-14)17(20)15-7-9-16(18)10-8-15/h2-11,19H,12H2,1H3. The lowest BCUT2D eigenvalue weighted by Crippen LogP contribution is -2.09. The molecule has 2 aromatic carbocycles. The highest BCUT2D eigenvalue weighted by Crippen LogP contribution is 2.12. The number of allylic oxidation sites excluding steroid dienone is 1. The van der Waals surface area contributed by atoms with Gasteiger partial charge in [0.05, 0.1) is 0 Å². The van der Waals surface area contributed by atoms with Gasteiger partial charge in [0.1, 0.15) is 0 Å². The second-order valence-electron chi connectivity index (χ2n) is 4.53. The Bertz CT molecular complexity index is 603. The Hall–Kier alpha value is -2.06. The number of hydrogen-bond donors (Lipinski definition) is 1. The third-order valence-electron chi connectivity index (χ3n) is 2.93.